The number of aromatic nitrogens is 1. The van der Waals surface area contributed by atoms with Crippen LogP contribution in [-0.2, 0) is 0 Å². The Morgan fingerprint density at radius 3 is 1.66 bits per heavy atom. The molecule has 0 radical (unpaired) electrons. The molecule has 0 aliphatic carbocycles. The van der Waals surface area contributed by atoms with Crippen molar-refractivity contribution in [3.8, 4) is 39.1 Å². The number of fused-ring (bicyclic) bond motifs is 9. The van der Waals surface area contributed by atoms with Crippen LogP contribution >= 0.6 is 11.3 Å². The molecule has 0 saturated carbocycles. The predicted molar refractivity (Wildman–Crippen MR) is 272 cm³/mol. The minimum atomic E-state index is 0.902. The Hall–Kier alpha value is -8.18. The second-order valence-electron chi connectivity index (χ2n) is 16.4. The quantitative estimate of drug-likeness (QED) is 0.159. The second-order valence-corrected chi connectivity index (χ2v) is 17.5. The van der Waals surface area contributed by atoms with Gasteiger partial charge in [-0.25, -0.2) is 0 Å². The number of furan rings is 1. The van der Waals surface area contributed by atoms with E-state index in [1.165, 1.54) is 58.7 Å². The van der Waals surface area contributed by atoms with E-state index >= 15 is 0 Å². The van der Waals surface area contributed by atoms with Gasteiger partial charge in [-0.2, -0.15) is 0 Å². The number of benzene rings is 10. The first-order chi connectivity index (χ1) is 31.7. The van der Waals surface area contributed by atoms with Gasteiger partial charge in [-0.15, -0.1) is 11.3 Å². The van der Waals surface area contributed by atoms with Crippen LogP contribution < -0.4 is 4.90 Å². The fourth-order valence-corrected chi connectivity index (χ4v) is 11.1. The molecule has 0 aliphatic rings. The minimum Gasteiger partial charge on any atom is -0.455 e. The first-order valence-electron chi connectivity index (χ1n) is 21.7. The number of para-hydroxylation sites is 4. The first-order valence-corrected chi connectivity index (χ1v) is 22.6. The Morgan fingerprint density at radius 2 is 0.938 bits per heavy atom. The van der Waals surface area contributed by atoms with Crippen LogP contribution in [-0.4, -0.2) is 4.57 Å². The maximum absolute atomic E-state index is 6.50. The predicted octanol–water partition coefficient (Wildman–Crippen LogP) is 17.5. The largest absolute Gasteiger partial charge is 0.455 e. The molecule has 0 unspecified atom stereocenters. The topological polar surface area (TPSA) is 21.3 Å². The van der Waals surface area contributed by atoms with E-state index in [0.29, 0.717) is 0 Å². The molecule has 13 aromatic rings. The number of hydrogen-bond donors (Lipinski definition) is 0. The van der Waals surface area contributed by atoms with Gasteiger partial charge < -0.3 is 13.9 Å². The zero-order chi connectivity index (χ0) is 42.1. The summed E-state index contributed by atoms with van der Waals surface area (Å²) >= 11 is 1.87. The van der Waals surface area contributed by atoms with E-state index in [4.69, 9.17) is 4.42 Å². The van der Waals surface area contributed by atoms with Crippen molar-refractivity contribution in [1.29, 1.82) is 0 Å². The molecule has 4 heteroatoms. The van der Waals surface area contributed by atoms with Crippen molar-refractivity contribution >= 4 is 92.3 Å². The fraction of sp³-hybridized carbons (Fsp3) is 0. The highest BCUT2D eigenvalue weighted by Crippen LogP contribution is 2.49. The molecular weight excluding hydrogens is 797 g/mol. The molecule has 0 spiro atoms. The van der Waals surface area contributed by atoms with Gasteiger partial charge in [0.25, 0.3) is 0 Å². The standard InChI is InChI=1S/C60H38N2OS/c1-2-13-39(14-3-1)40-25-31-43(32-26-40)61(44-33-27-41(28-34-44)46-19-12-20-51-49-17-6-10-23-56(49)63-59(46)51)55-38-37-52-50-18-7-11-24-57(50)64-60(52)58(55)42-29-35-45(36-30-42)62-53-21-8-4-15-47(53)48-16-5-9-22-54(48)62/h1-38H. The third-order valence-corrected chi connectivity index (χ3v) is 14.0. The van der Waals surface area contributed by atoms with E-state index in [0.717, 1.165) is 61.4 Å². The van der Waals surface area contributed by atoms with Gasteiger partial charge in [0, 0.05) is 69.9 Å². The summed E-state index contributed by atoms with van der Waals surface area (Å²) in [5, 5.41) is 7.32. The number of hydrogen-bond acceptors (Lipinski definition) is 3. The number of thiophene rings is 1. The monoisotopic (exact) mass is 834 g/mol. The summed E-state index contributed by atoms with van der Waals surface area (Å²) in [5.41, 5.74) is 15.5. The highest BCUT2D eigenvalue weighted by Gasteiger charge is 2.23. The lowest BCUT2D eigenvalue weighted by Gasteiger charge is -2.29. The van der Waals surface area contributed by atoms with Gasteiger partial charge in [0.1, 0.15) is 11.2 Å². The summed E-state index contributed by atoms with van der Waals surface area (Å²) in [6.45, 7) is 0. The summed E-state index contributed by atoms with van der Waals surface area (Å²) in [7, 11) is 0. The van der Waals surface area contributed by atoms with Crippen LogP contribution in [0.5, 0.6) is 0 Å². The van der Waals surface area contributed by atoms with Crippen molar-refractivity contribution in [2.75, 3.05) is 4.90 Å². The molecule has 0 fully saturated rings. The first kappa shape index (κ1) is 36.5. The van der Waals surface area contributed by atoms with Crippen LogP contribution in [0.15, 0.2) is 235 Å². The van der Waals surface area contributed by atoms with Gasteiger partial charge >= 0.3 is 0 Å². The molecule has 0 bridgehead atoms. The van der Waals surface area contributed by atoms with Crippen molar-refractivity contribution < 1.29 is 4.42 Å². The Balaban J connectivity index is 1.01. The molecule has 10 aromatic carbocycles. The molecule has 300 valence electrons. The van der Waals surface area contributed by atoms with Crippen LogP contribution in [0.2, 0.25) is 0 Å². The lowest BCUT2D eigenvalue weighted by Crippen LogP contribution is -2.11. The van der Waals surface area contributed by atoms with Gasteiger partial charge in [0.2, 0.25) is 0 Å². The Labute approximate surface area is 373 Å². The van der Waals surface area contributed by atoms with Crippen molar-refractivity contribution in [1.82, 2.24) is 4.57 Å². The fourth-order valence-electron chi connectivity index (χ4n) is 9.85. The molecule has 13 rings (SSSR count). The van der Waals surface area contributed by atoms with Crippen LogP contribution in [0.3, 0.4) is 0 Å². The minimum absolute atomic E-state index is 0.902. The lowest BCUT2D eigenvalue weighted by molar-refractivity contribution is 0.670. The van der Waals surface area contributed by atoms with Gasteiger partial charge in [0.05, 0.1) is 16.7 Å². The zero-order valence-electron chi connectivity index (χ0n) is 34.7. The molecular formula is C60H38N2OS. The summed E-state index contributed by atoms with van der Waals surface area (Å²) in [6, 6.07) is 83.4. The van der Waals surface area contributed by atoms with Gasteiger partial charge in [-0.1, -0.05) is 164 Å². The van der Waals surface area contributed by atoms with Gasteiger partial charge in [0.15, 0.2) is 0 Å². The van der Waals surface area contributed by atoms with Crippen molar-refractivity contribution in [3.63, 3.8) is 0 Å². The summed E-state index contributed by atoms with van der Waals surface area (Å²) in [6.07, 6.45) is 0. The van der Waals surface area contributed by atoms with E-state index in [-0.39, 0.29) is 0 Å². The molecule has 0 N–H and O–H groups in total. The second kappa shape index (κ2) is 14.7. The molecule has 0 amide bonds. The molecule has 3 aromatic heterocycles. The Kier molecular flexibility index (Phi) is 8.40. The van der Waals surface area contributed by atoms with Crippen molar-refractivity contribution in [2.24, 2.45) is 0 Å². The molecule has 3 heterocycles. The summed E-state index contributed by atoms with van der Waals surface area (Å²) in [4.78, 5) is 2.43. The zero-order valence-corrected chi connectivity index (χ0v) is 35.5. The summed E-state index contributed by atoms with van der Waals surface area (Å²) in [5.74, 6) is 0. The normalized spacial score (nSPS) is 11.8. The van der Waals surface area contributed by atoms with Crippen LogP contribution in [0.4, 0.5) is 17.1 Å². The van der Waals surface area contributed by atoms with Crippen LogP contribution in [0, 0.1) is 0 Å². The summed E-state index contributed by atoms with van der Waals surface area (Å²) < 4.78 is 11.4. The molecule has 0 saturated heterocycles. The number of anilines is 3. The molecule has 64 heavy (non-hydrogen) atoms. The number of nitrogens with zero attached hydrogens (tertiary/aromatic N) is 2. The number of rotatable bonds is 7. The van der Waals surface area contributed by atoms with E-state index in [1.54, 1.807) is 0 Å². The van der Waals surface area contributed by atoms with E-state index in [9.17, 15) is 0 Å². The molecule has 3 nitrogen and oxygen atoms in total. The lowest BCUT2D eigenvalue weighted by atomic mass is 9.97. The maximum Gasteiger partial charge on any atom is 0.143 e. The van der Waals surface area contributed by atoms with Crippen molar-refractivity contribution in [3.05, 3.63) is 231 Å². The maximum atomic E-state index is 6.50. The average molecular weight is 835 g/mol. The van der Waals surface area contributed by atoms with Crippen LogP contribution in [0.1, 0.15) is 0 Å². The highest BCUT2D eigenvalue weighted by atomic mass is 32.1. The van der Waals surface area contributed by atoms with E-state index in [1.807, 2.05) is 23.5 Å². The SMILES string of the molecule is c1ccc(-c2ccc(N(c3ccc(-c4cccc5c4oc4ccccc45)cc3)c3ccc4c(sc5ccccc54)c3-c3ccc(-n4c5ccccc5c5ccccc54)cc3)cc2)cc1. The molecule has 0 aliphatic heterocycles. The third kappa shape index (κ3) is 5.81. The third-order valence-electron chi connectivity index (χ3n) is 12.8. The van der Waals surface area contributed by atoms with E-state index in [2.05, 4.69) is 228 Å². The van der Waals surface area contributed by atoms with Gasteiger partial charge in [-0.3, -0.25) is 0 Å². The smallest absolute Gasteiger partial charge is 0.143 e. The van der Waals surface area contributed by atoms with E-state index < -0.39 is 0 Å². The average Bonchev–Trinajstić information content (AvgIpc) is 4.05. The van der Waals surface area contributed by atoms with Crippen molar-refractivity contribution in [2.45, 2.75) is 0 Å². The highest BCUT2D eigenvalue weighted by molar-refractivity contribution is 7.26. The Bertz CT molecular complexity index is 3820. The Morgan fingerprint density at radius 1 is 0.375 bits per heavy atom. The molecule has 0 atom stereocenters. The van der Waals surface area contributed by atoms with Crippen LogP contribution in [0.25, 0.3) is 103 Å². The van der Waals surface area contributed by atoms with Gasteiger partial charge in [-0.05, 0) is 89.0 Å².